The molecule has 0 aromatic heterocycles. The molecule has 1 amide bonds. The first-order chi connectivity index (χ1) is 9.10. The van der Waals surface area contributed by atoms with Crippen LogP contribution in [0.2, 0.25) is 0 Å². The van der Waals surface area contributed by atoms with Crippen LogP contribution in [0, 0.1) is 5.92 Å². The second-order valence-corrected chi connectivity index (χ2v) is 4.49. The van der Waals surface area contributed by atoms with E-state index in [1.54, 1.807) is 11.0 Å². The van der Waals surface area contributed by atoms with E-state index in [1.807, 2.05) is 0 Å². The van der Waals surface area contributed by atoms with Crippen LogP contribution >= 0.6 is 0 Å². The fourth-order valence-electron chi connectivity index (χ4n) is 2.15. The third-order valence-corrected chi connectivity index (χ3v) is 3.14. The number of benzene rings is 1. The van der Waals surface area contributed by atoms with Gasteiger partial charge in [0.25, 0.3) is 5.91 Å². The van der Waals surface area contributed by atoms with Crippen LogP contribution < -0.4 is 4.74 Å². The number of hydrogen-bond donors (Lipinski definition) is 1. The molecule has 1 aromatic carbocycles. The highest BCUT2D eigenvalue weighted by Crippen LogP contribution is 2.21. The Morgan fingerprint density at radius 1 is 1.53 bits per heavy atom. The number of ether oxygens (including phenoxy) is 1. The van der Waals surface area contributed by atoms with E-state index >= 15 is 0 Å². The summed E-state index contributed by atoms with van der Waals surface area (Å²) in [5, 5.41) is 9.04. The number of amides is 1. The van der Waals surface area contributed by atoms with Gasteiger partial charge in [-0.2, -0.15) is 8.78 Å². The predicted octanol–water partition coefficient (Wildman–Crippen LogP) is 1.74. The summed E-state index contributed by atoms with van der Waals surface area (Å²) in [5.41, 5.74) is 0.316. The molecule has 0 spiro atoms. The SMILES string of the molecule is O=C(c1cccc(OC(F)F)c1)N1CCC(CO)C1. The first kappa shape index (κ1) is 13.7. The quantitative estimate of drug-likeness (QED) is 0.907. The smallest absolute Gasteiger partial charge is 0.387 e. The molecule has 6 heteroatoms. The minimum absolute atomic E-state index is 0.0289. The number of halogens is 2. The first-order valence-corrected chi connectivity index (χ1v) is 6.05. The molecule has 1 aliphatic heterocycles. The molecule has 0 saturated carbocycles. The van der Waals surface area contributed by atoms with Gasteiger partial charge in [0.05, 0.1) is 0 Å². The largest absolute Gasteiger partial charge is 0.435 e. The van der Waals surface area contributed by atoms with Crippen molar-refractivity contribution in [2.24, 2.45) is 5.92 Å². The van der Waals surface area contributed by atoms with E-state index in [0.717, 1.165) is 6.42 Å². The van der Waals surface area contributed by atoms with Gasteiger partial charge in [-0.15, -0.1) is 0 Å². The molecule has 2 rings (SSSR count). The lowest BCUT2D eigenvalue weighted by molar-refractivity contribution is -0.0499. The van der Waals surface area contributed by atoms with Crippen LogP contribution in [0.1, 0.15) is 16.8 Å². The topological polar surface area (TPSA) is 49.8 Å². The van der Waals surface area contributed by atoms with Crippen molar-refractivity contribution < 1.29 is 23.4 Å². The van der Waals surface area contributed by atoms with E-state index in [9.17, 15) is 13.6 Å². The maximum Gasteiger partial charge on any atom is 0.387 e. The second kappa shape index (κ2) is 5.97. The number of aliphatic hydroxyl groups is 1. The number of carbonyl (C=O) groups excluding carboxylic acids is 1. The van der Waals surface area contributed by atoms with Crippen LogP contribution in [0.3, 0.4) is 0 Å². The molecule has 19 heavy (non-hydrogen) atoms. The Balaban J connectivity index is 2.07. The molecule has 1 N–H and O–H groups in total. The van der Waals surface area contributed by atoms with Gasteiger partial charge in [-0.1, -0.05) is 6.07 Å². The molecule has 1 heterocycles. The Kier molecular flexibility index (Phi) is 4.31. The summed E-state index contributed by atoms with van der Waals surface area (Å²) in [6.07, 6.45) is 0.759. The average Bonchev–Trinajstić information content (AvgIpc) is 2.86. The van der Waals surface area contributed by atoms with E-state index in [1.165, 1.54) is 18.2 Å². The number of nitrogens with zero attached hydrogens (tertiary/aromatic N) is 1. The Morgan fingerprint density at radius 3 is 2.95 bits per heavy atom. The molecular weight excluding hydrogens is 256 g/mol. The molecule has 0 radical (unpaired) electrons. The number of carbonyl (C=O) groups is 1. The molecule has 1 unspecified atom stereocenters. The lowest BCUT2D eigenvalue weighted by atomic mass is 10.1. The number of aliphatic hydroxyl groups excluding tert-OH is 1. The standard InChI is InChI=1S/C13H15F2NO3/c14-13(15)19-11-3-1-2-10(6-11)12(18)16-5-4-9(7-16)8-17/h1-3,6,9,13,17H,4-5,7-8H2. The van der Waals surface area contributed by atoms with E-state index in [-0.39, 0.29) is 24.2 Å². The summed E-state index contributed by atoms with van der Waals surface area (Å²) in [7, 11) is 0. The lowest BCUT2D eigenvalue weighted by Crippen LogP contribution is -2.29. The van der Waals surface area contributed by atoms with Gasteiger partial charge in [0.2, 0.25) is 0 Å². The van der Waals surface area contributed by atoms with Crippen molar-refractivity contribution in [2.45, 2.75) is 13.0 Å². The highest BCUT2D eigenvalue weighted by Gasteiger charge is 2.26. The van der Waals surface area contributed by atoms with E-state index in [0.29, 0.717) is 18.7 Å². The minimum Gasteiger partial charge on any atom is -0.435 e. The normalized spacial score (nSPS) is 18.9. The summed E-state index contributed by atoms with van der Waals surface area (Å²) in [5.74, 6) is -0.154. The van der Waals surface area contributed by atoms with Gasteiger partial charge in [-0.05, 0) is 24.6 Å². The summed E-state index contributed by atoms with van der Waals surface area (Å²) in [4.78, 5) is 13.8. The van der Waals surface area contributed by atoms with Crippen molar-refractivity contribution in [3.8, 4) is 5.75 Å². The van der Waals surface area contributed by atoms with Gasteiger partial charge < -0.3 is 14.7 Å². The Labute approximate surface area is 109 Å². The molecule has 1 aromatic rings. The van der Waals surface area contributed by atoms with Crippen LogP contribution in [-0.2, 0) is 0 Å². The number of rotatable bonds is 4. The molecular formula is C13H15F2NO3. The van der Waals surface area contributed by atoms with E-state index < -0.39 is 6.61 Å². The number of alkyl halides is 2. The van der Waals surface area contributed by atoms with Crippen LogP contribution in [0.15, 0.2) is 24.3 Å². The Bertz CT molecular complexity index is 453. The van der Waals surface area contributed by atoms with Crippen molar-refractivity contribution in [1.82, 2.24) is 4.90 Å². The summed E-state index contributed by atoms with van der Waals surface area (Å²) >= 11 is 0. The van der Waals surface area contributed by atoms with Crippen LogP contribution in [-0.4, -0.2) is 42.2 Å². The molecule has 1 atom stereocenters. The van der Waals surface area contributed by atoms with E-state index in [4.69, 9.17) is 5.11 Å². The van der Waals surface area contributed by atoms with Gasteiger partial charge in [0.15, 0.2) is 0 Å². The number of likely N-dealkylation sites (tertiary alicyclic amines) is 1. The molecule has 1 fully saturated rings. The zero-order valence-corrected chi connectivity index (χ0v) is 10.3. The fraction of sp³-hybridized carbons (Fsp3) is 0.462. The van der Waals surface area contributed by atoms with Crippen molar-refractivity contribution in [2.75, 3.05) is 19.7 Å². The lowest BCUT2D eigenvalue weighted by Gasteiger charge is -2.16. The van der Waals surface area contributed by atoms with Gasteiger partial charge in [-0.3, -0.25) is 4.79 Å². The van der Waals surface area contributed by atoms with Crippen molar-refractivity contribution in [3.05, 3.63) is 29.8 Å². The summed E-state index contributed by atoms with van der Waals surface area (Å²) in [6, 6.07) is 5.75. The average molecular weight is 271 g/mol. The van der Waals surface area contributed by atoms with Gasteiger partial charge in [0, 0.05) is 31.2 Å². The van der Waals surface area contributed by atoms with Gasteiger partial charge in [-0.25, -0.2) is 0 Å². The van der Waals surface area contributed by atoms with Gasteiger partial charge >= 0.3 is 6.61 Å². The van der Waals surface area contributed by atoms with Gasteiger partial charge in [0.1, 0.15) is 5.75 Å². The summed E-state index contributed by atoms with van der Waals surface area (Å²) in [6.45, 7) is -1.78. The summed E-state index contributed by atoms with van der Waals surface area (Å²) < 4.78 is 28.5. The van der Waals surface area contributed by atoms with Crippen molar-refractivity contribution in [1.29, 1.82) is 0 Å². The second-order valence-electron chi connectivity index (χ2n) is 4.49. The van der Waals surface area contributed by atoms with Crippen LogP contribution in [0.5, 0.6) is 5.75 Å². The Morgan fingerprint density at radius 2 is 2.32 bits per heavy atom. The minimum atomic E-state index is -2.91. The zero-order chi connectivity index (χ0) is 13.8. The van der Waals surface area contributed by atoms with Crippen molar-refractivity contribution >= 4 is 5.91 Å². The molecule has 0 aliphatic carbocycles. The Hall–Kier alpha value is -1.69. The monoisotopic (exact) mass is 271 g/mol. The highest BCUT2D eigenvalue weighted by molar-refractivity contribution is 5.94. The molecule has 1 aliphatic rings. The molecule has 0 bridgehead atoms. The molecule has 104 valence electrons. The van der Waals surface area contributed by atoms with Crippen molar-refractivity contribution in [3.63, 3.8) is 0 Å². The van der Waals surface area contributed by atoms with E-state index in [2.05, 4.69) is 4.74 Å². The molecule has 1 saturated heterocycles. The fourth-order valence-corrected chi connectivity index (χ4v) is 2.15. The first-order valence-electron chi connectivity index (χ1n) is 6.05. The zero-order valence-electron chi connectivity index (χ0n) is 10.3. The maximum absolute atomic E-state index is 12.1. The van der Waals surface area contributed by atoms with Crippen LogP contribution in [0.4, 0.5) is 8.78 Å². The maximum atomic E-state index is 12.1. The highest BCUT2D eigenvalue weighted by atomic mass is 19.3. The van der Waals surface area contributed by atoms with Crippen LogP contribution in [0.25, 0.3) is 0 Å². The predicted molar refractivity (Wildman–Crippen MR) is 64.2 cm³/mol. The number of hydrogen-bond acceptors (Lipinski definition) is 3. The third-order valence-electron chi connectivity index (χ3n) is 3.14. The molecule has 4 nitrogen and oxygen atoms in total. The third kappa shape index (κ3) is 3.41.